The van der Waals surface area contributed by atoms with Gasteiger partial charge in [0.25, 0.3) is 0 Å². The summed E-state index contributed by atoms with van der Waals surface area (Å²) in [4.78, 5) is 54.2. The highest BCUT2D eigenvalue weighted by atomic mass is 32.2. The van der Waals surface area contributed by atoms with Gasteiger partial charge in [-0.05, 0) is 23.8 Å². The Morgan fingerprint density at radius 3 is 2.74 bits per heavy atom. The minimum Gasteiger partial charge on any atom is -0.477 e. The van der Waals surface area contributed by atoms with Crippen molar-refractivity contribution in [2.24, 2.45) is 17.6 Å². The fraction of sp³-hybridized carbons (Fsp3) is 0.682. The van der Waals surface area contributed by atoms with Crippen molar-refractivity contribution in [2.75, 3.05) is 19.6 Å². The Bertz CT molecular complexity index is 1150. The second-order valence-corrected chi connectivity index (χ2v) is 11.6. The summed E-state index contributed by atoms with van der Waals surface area (Å²) in [5.41, 5.74) is 5.81. The number of carboxylic acid groups (broad SMARTS) is 1. The average Bonchev–Trinajstić information content (AvgIpc) is 3.63. The number of rotatable bonds is 8. The van der Waals surface area contributed by atoms with Crippen LogP contribution in [0.1, 0.15) is 20.3 Å². The predicted molar refractivity (Wildman–Crippen MR) is 132 cm³/mol. The molecule has 0 radical (unpaired) electrons. The van der Waals surface area contributed by atoms with Crippen molar-refractivity contribution in [1.82, 2.24) is 40.6 Å². The van der Waals surface area contributed by atoms with E-state index in [-0.39, 0.29) is 53.7 Å². The van der Waals surface area contributed by atoms with E-state index >= 15 is 0 Å². The van der Waals surface area contributed by atoms with Gasteiger partial charge < -0.3 is 36.4 Å². The highest BCUT2D eigenvalue weighted by Gasteiger charge is 2.60. The molecule has 1 unspecified atom stereocenters. The average molecular weight is 550 g/mol. The van der Waals surface area contributed by atoms with Gasteiger partial charge in [0.2, 0.25) is 17.7 Å². The van der Waals surface area contributed by atoms with Crippen molar-refractivity contribution in [2.45, 2.75) is 62.3 Å². The first-order valence-corrected chi connectivity index (χ1v) is 13.4. The smallest absolute Gasteiger partial charge is 0.353 e. The first-order chi connectivity index (χ1) is 18.1. The SMILES string of the molecule is CC(NC(=O)Cn1cnnn1)[C@H]1C(=O)N2C(C(=O)O)=C(S[C@@H]3CN[C@H](C(=O)N4C[C@H](N)[C@@H](O)C4)C3)[C@H](C)[C@H]12. The number of nitrogens with zero attached hydrogens (tertiary/aromatic N) is 6. The summed E-state index contributed by atoms with van der Waals surface area (Å²) in [5.74, 6) is -2.83. The molecular weight excluding hydrogens is 518 g/mol. The standard InChI is InChI=1S/C22H31N9O6S/c1-9-17-16(10(2)26-15(33)7-30-8-25-27-28-30)21(35)31(17)18(22(36)37)19(9)38-11-3-13(24-4-11)20(34)29-5-12(23)14(32)6-29/h8-14,16-17,24,32H,3-7,23H2,1-2H3,(H,26,33)(H,36,37)/t9-,10?,11+,12+,13+,14+,16-,17-/m1/s1. The molecule has 206 valence electrons. The number of β-lactam (4-membered cyclic amide) rings is 1. The molecule has 1 aromatic heterocycles. The van der Waals surface area contributed by atoms with Crippen LogP contribution < -0.4 is 16.4 Å². The molecule has 0 bridgehead atoms. The topological polar surface area (TPSA) is 209 Å². The number of nitrogens with two attached hydrogens (primary N) is 1. The number of hydrogen-bond acceptors (Lipinski definition) is 11. The fourth-order valence-corrected chi connectivity index (χ4v) is 7.34. The van der Waals surface area contributed by atoms with Gasteiger partial charge in [-0.1, -0.05) is 6.92 Å². The Morgan fingerprint density at radius 2 is 2.11 bits per heavy atom. The number of carbonyl (C=O) groups excluding carboxylic acids is 3. The number of thioether (sulfide) groups is 1. The number of aliphatic carboxylic acids is 1. The molecule has 38 heavy (non-hydrogen) atoms. The minimum absolute atomic E-state index is 0.0237. The van der Waals surface area contributed by atoms with Crippen molar-refractivity contribution < 1.29 is 29.4 Å². The van der Waals surface area contributed by atoms with Gasteiger partial charge in [-0.2, -0.15) is 0 Å². The number of carbonyl (C=O) groups is 4. The van der Waals surface area contributed by atoms with Crippen LogP contribution in [0.5, 0.6) is 0 Å². The van der Waals surface area contributed by atoms with Crippen molar-refractivity contribution in [3.05, 3.63) is 16.9 Å². The van der Waals surface area contributed by atoms with Crippen LogP contribution in [0.15, 0.2) is 16.9 Å². The molecule has 4 aliphatic heterocycles. The molecule has 0 aromatic carbocycles. The zero-order chi connectivity index (χ0) is 27.3. The maximum atomic E-state index is 13.1. The molecule has 6 N–H and O–H groups in total. The summed E-state index contributed by atoms with van der Waals surface area (Å²) < 4.78 is 1.27. The Kier molecular flexibility index (Phi) is 7.15. The largest absolute Gasteiger partial charge is 0.477 e. The summed E-state index contributed by atoms with van der Waals surface area (Å²) in [6.07, 6.45) is 1.06. The molecule has 5 rings (SSSR count). The number of hydrogen-bond donors (Lipinski definition) is 5. The summed E-state index contributed by atoms with van der Waals surface area (Å²) in [7, 11) is 0. The van der Waals surface area contributed by atoms with Crippen LogP contribution in [0.25, 0.3) is 0 Å². The fourth-order valence-electron chi connectivity index (χ4n) is 5.86. The molecule has 0 spiro atoms. The third kappa shape index (κ3) is 4.65. The predicted octanol–water partition coefficient (Wildman–Crippen LogP) is -3.06. The van der Waals surface area contributed by atoms with Gasteiger partial charge >= 0.3 is 5.97 Å². The van der Waals surface area contributed by atoms with Crippen molar-refractivity contribution in [3.8, 4) is 0 Å². The van der Waals surface area contributed by atoms with Gasteiger partial charge in [-0.25, -0.2) is 9.48 Å². The van der Waals surface area contributed by atoms with E-state index in [0.717, 1.165) is 0 Å². The van der Waals surface area contributed by atoms with E-state index in [1.165, 1.54) is 27.7 Å². The van der Waals surface area contributed by atoms with E-state index in [1.54, 1.807) is 11.8 Å². The zero-order valence-corrected chi connectivity index (χ0v) is 21.7. The molecule has 3 fully saturated rings. The van der Waals surface area contributed by atoms with E-state index in [2.05, 4.69) is 26.2 Å². The van der Waals surface area contributed by atoms with Crippen molar-refractivity contribution >= 4 is 35.5 Å². The molecule has 4 aliphatic rings. The van der Waals surface area contributed by atoms with E-state index < -0.39 is 36.1 Å². The van der Waals surface area contributed by atoms with Crippen LogP contribution in [-0.2, 0) is 25.7 Å². The van der Waals surface area contributed by atoms with Crippen LogP contribution in [-0.4, -0.2) is 119 Å². The van der Waals surface area contributed by atoms with Crippen molar-refractivity contribution in [1.29, 1.82) is 0 Å². The molecule has 0 aliphatic carbocycles. The van der Waals surface area contributed by atoms with E-state index in [9.17, 15) is 29.4 Å². The number of amides is 3. The van der Waals surface area contributed by atoms with Crippen LogP contribution in [0, 0.1) is 11.8 Å². The molecule has 1 aromatic rings. The highest BCUT2D eigenvalue weighted by molar-refractivity contribution is 8.03. The second-order valence-electron chi connectivity index (χ2n) is 10.3. The molecule has 3 saturated heterocycles. The van der Waals surface area contributed by atoms with Gasteiger partial charge in [0, 0.05) is 47.8 Å². The van der Waals surface area contributed by atoms with E-state index in [1.807, 2.05) is 6.92 Å². The Morgan fingerprint density at radius 1 is 1.34 bits per heavy atom. The van der Waals surface area contributed by atoms with E-state index in [0.29, 0.717) is 24.4 Å². The molecule has 5 heterocycles. The molecule has 3 amide bonds. The van der Waals surface area contributed by atoms with Gasteiger partial charge in [0.1, 0.15) is 18.6 Å². The molecule has 0 saturated carbocycles. The lowest BCUT2D eigenvalue weighted by atomic mass is 9.78. The third-order valence-electron chi connectivity index (χ3n) is 7.74. The van der Waals surface area contributed by atoms with Gasteiger partial charge in [-0.3, -0.25) is 14.4 Å². The first-order valence-electron chi connectivity index (χ1n) is 12.5. The Labute approximate surface area is 222 Å². The Hall–Kier alpha value is -3.08. The van der Waals surface area contributed by atoms with Gasteiger partial charge in [0.15, 0.2) is 0 Å². The maximum Gasteiger partial charge on any atom is 0.353 e. The summed E-state index contributed by atoms with van der Waals surface area (Å²) in [6.45, 7) is 4.52. The molecular formula is C22H31N9O6S. The normalized spacial score (nSPS) is 33.4. The second kappa shape index (κ2) is 10.2. The highest BCUT2D eigenvalue weighted by Crippen LogP contribution is 2.51. The maximum absolute atomic E-state index is 13.1. The zero-order valence-electron chi connectivity index (χ0n) is 20.9. The summed E-state index contributed by atoms with van der Waals surface area (Å²) in [6, 6.07) is -1.82. The monoisotopic (exact) mass is 549 g/mol. The lowest BCUT2D eigenvalue weighted by molar-refractivity contribution is -0.158. The molecule has 8 atom stereocenters. The number of carboxylic acids is 1. The van der Waals surface area contributed by atoms with Crippen molar-refractivity contribution in [3.63, 3.8) is 0 Å². The van der Waals surface area contributed by atoms with Crippen LogP contribution >= 0.6 is 11.8 Å². The van der Waals surface area contributed by atoms with Crippen LogP contribution in [0.3, 0.4) is 0 Å². The number of fused-ring (bicyclic) bond motifs is 1. The lowest BCUT2D eigenvalue weighted by Gasteiger charge is -2.47. The van der Waals surface area contributed by atoms with Crippen LogP contribution in [0.4, 0.5) is 0 Å². The summed E-state index contributed by atoms with van der Waals surface area (Å²) in [5, 5.41) is 36.5. The number of aliphatic hydroxyl groups excluding tert-OH is 1. The number of aliphatic hydroxyl groups is 1. The molecule has 15 nitrogen and oxygen atoms in total. The number of β-amino-alcohol motifs (C(OH)–C–C–N with tert-alkyl or cyclic N) is 1. The number of likely N-dealkylation sites (tertiary alicyclic amines) is 1. The van der Waals surface area contributed by atoms with Gasteiger partial charge in [-0.15, -0.1) is 16.9 Å². The third-order valence-corrected chi connectivity index (χ3v) is 9.25. The minimum atomic E-state index is -1.18. The van der Waals surface area contributed by atoms with E-state index in [4.69, 9.17) is 5.73 Å². The number of nitrogens with one attached hydrogen (secondary N) is 2. The van der Waals surface area contributed by atoms with Crippen LogP contribution in [0.2, 0.25) is 0 Å². The number of tetrazole rings is 1. The van der Waals surface area contributed by atoms with Gasteiger partial charge in [0.05, 0.1) is 24.1 Å². The Balaban J connectivity index is 1.23. The first kappa shape index (κ1) is 26.5. The number of aromatic nitrogens is 4. The quantitative estimate of drug-likeness (QED) is 0.205. The lowest BCUT2D eigenvalue weighted by Crippen LogP contribution is -2.66. The molecule has 16 heteroatoms. The summed E-state index contributed by atoms with van der Waals surface area (Å²) >= 11 is 1.39.